The van der Waals surface area contributed by atoms with Gasteiger partial charge < -0.3 is 20.1 Å². The molecule has 0 spiro atoms. The maximum absolute atomic E-state index is 11.9. The lowest BCUT2D eigenvalue weighted by atomic mass is 9.92. The molecule has 5 nitrogen and oxygen atoms in total. The zero-order chi connectivity index (χ0) is 22.4. The number of rotatable bonds is 17. The third kappa shape index (κ3) is 8.08. The number of unbranched alkanes of at least 4 members (excludes halogenated alkanes) is 9. The zero-order valence-corrected chi connectivity index (χ0v) is 19.3. The van der Waals surface area contributed by atoms with Crippen molar-refractivity contribution in [1.82, 2.24) is 0 Å². The second kappa shape index (κ2) is 15.0. The molecule has 0 unspecified atom stereocenters. The van der Waals surface area contributed by atoms with Crippen molar-refractivity contribution in [2.75, 3.05) is 6.61 Å². The number of hydrogen-bond acceptors (Lipinski definition) is 4. The Morgan fingerprint density at radius 1 is 0.700 bits per heavy atom. The number of carbonyl (C=O) groups is 1. The van der Waals surface area contributed by atoms with E-state index in [2.05, 4.69) is 20.8 Å². The Morgan fingerprint density at radius 3 is 1.77 bits per heavy atom. The Balaban J connectivity index is 3.15. The number of phenols is 2. The normalized spacial score (nSPS) is 11.0. The minimum atomic E-state index is -1.27. The van der Waals surface area contributed by atoms with E-state index < -0.39 is 11.7 Å². The number of benzene rings is 1. The second-order valence-corrected chi connectivity index (χ2v) is 8.19. The van der Waals surface area contributed by atoms with E-state index in [-0.39, 0.29) is 17.1 Å². The first kappa shape index (κ1) is 26.1. The molecule has 1 aromatic rings. The molecule has 0 saturated heterocycles. The third-order valence-electron chi connectivity index (χ3n) is 5.63. The molecule has 3 N–H and O–H groups in total. The predicted molar refractivity (Wildman–Crippen MR) is 122 cm³/mol. The first-order valence-corrected chi connectivity index (χ1v) is 11.9. The molecule has 5 heteroatoms. The summed E-state index contributed by atoms with van der Waals surface area (Å²) in [7, 11) is 0. The van der Waals surface area contributed by atoms with Crippen molar-refractivity contribution in [2.45, 2.75) is 111 Å². The molecule has 0 heterocycles. The van der Waals surface area contributed by atoms with E-state index in [0.717, 1.165) is 63.4 Å². The molecule has 1 aromatic carbocycles. The van der Waals surface area contributed by atoms with Gasteiger partial charge in [0.25, 0.3) is 0 Å². The van der Waals surface area contributed by atoms with Crippen LogP contribution in [0.25, 0.3) is 0 Å². The van der Waals surface area contributed by atoms with Gasteiger partial charge in [0.1, 0.15) is 11.3 Å². The van der Waals surface area contributed by atoms with Gasteiger partial charge in [-0.15, -0.1) is 0 Å². The highest BCUT2D eigenvalue weighted by atomic mass is 16.5. The van der Waals surface area contributed by atoms with E-state index in [0.29, 0.717) is 25.0 Å². The van der Waals surface area contributed by atoms with Crippen LogP contribution in [0.2, 0.25) is 0 Å². The van der Waals surface area contributed by atoms with Crippen LogP contribution in [0, 0.1) is 0 Å². The van der Waals surface area contributed by atoms with Crippen LogP contribution in [0.5, 0.6) is 17.2 Å². The van der Waals surface area contributed by atoms with E-state index in [1.54, 1.807) is 0 Å². The molecule has 172 valence electrons. The lowest BCUT2D eigenvalue weighted by molar-refractivity contribution is 0.0687. The van der Waals surface area contributed by atoms with Gasteiger partial charge in [-0.25, -0.2) is 4.79 Å². The van der Waals surface area contributed by atoms with Gasteiger partial charge in [0.2, 0.25) is 0 Å². The SMILES string of the molecule is CCCCCCCCOc1c(CCCCC)c(CCCCC)c(O)c(O)c1C(=O)O. The van der Waals surface area contributed by atoms with E-state index in [4.69, 9.17) is 4.74 Å². The molecule has 0 saturated carbocycles. The Bertz CT molecular complexity index is 639. The van der Waals surface area contributed by atoms with Crippen molar-refractivity contribution in [1.29, 1.82) is 0 Å². The van der Waals surface area contributed by atoms with Gasteiger partial charge in [-0.3, -0.25) is 0 Å². The molecular formula is C25H42O5. The number of phenolic OH excluding ortho intramolecular Hbond substituents is 1. The third-order valence-corrected chi connectivity index (χ3v) is 5.63. The summed E-state index contributed by atoms with van der Waals surface area (Å²) in [6, 6.07) is 0. The standard InChI is InChI=1S/C25H42O5/c1-4-7-10-11-12-15-18-30-24-20(17-14-9-6-3)19(16-13-8-5-2)22(26)23(27)21(24)25(28)29/h26-27H,4-18H2,1-3H3,(H,28,29). The quantitative estimate of drug-likeness (QED) is 0.186. The topological polar surface area (TPSA) is 87.0 Å². The van der Waals surface area contributed by atoms with Crippen LogP contribution in [0.1, 0.15) is 119 Å². The van der Waals surface area contributed by atoms with Crippen molar-refractivity contribution < 1.29 is 24.9 Å². The number of carboxylic acids is 1. The van der Waals surface area contributed by atoms with Gasteiger partial charge in [-0.2, -0.15) is 0 Å². The van der Waals surface area contributed by atoms with Crippen LogP contribution in [0.15, 0.2) is 0 Å². The van der Waals surface area contributed by atoms with Crippen LogP contribution in [0.3, 0.4) is 0 Å². The first-order valence-electron chi connectivity index (χ1n) is 11.9. The number of aromatic hydroxyl groups is 2. The van der Waals surface area contributed by atoms with Crippen molar-refractivity contribution >= 4 is 5.97 Å². The summed E-state index contributed by atoms with van der Waals surface area (Å²) in [6.07, 6.45) is 13.9. The highest BCUT2D eigenvalue weighted by molar-refractivity contribution is 5.96. The average molecular weight is 423 g/mol. The first-order chi connectivity index (χ1) is 14.5. The van der Waals surface area contributed by atoms with Crippen LogP contribution in [0.4, 0.5) is 0 Å². The summed E-state index contributed by atoms with van der Waals surface area (Å²) < 4.78 is 6.00. The van der Waals surface area contributed by atoms with E-state index in [1.807, 2.05) is 0 Å². The van der Waals surface area contributed by atoms with Crippen LogP contribution >= 0.6 is 0 Å². The lowest BCUT2D eigenvalue weighted by Gasteiger charge is -2.21. The monoisotopic (exact) mass is 422 g/mol. The molecule has 0 aromatic heterocycles. The molecule has 0 fully saturated rings. The van der Waals surface area contributed by atoms with Gasteiger partial charge in [0.05, 0.1) is 6.61 Å². The van der Waals surface area contributed by atoms with Crippen LogP contribution < -0.4 is 4.74 Å². The van der Waals surface area contributed by atoms with Gasteiger partial charge in [0, 0.05) is 11.1 Å². The smallest absolute Gasteiger partial charge is 0.343 e. The molecule has 0 aliphatic rings. The summed E-state index contributed by atoms with van der Waals surface area (Å²) in [5.41, 5.74) is 1.11. The summed E-state index contributed by atoms with van der Waals surface area (Å²) in [5.74, 6) is -1.86. The number of aromatic carboxylic acids is 1. The van der Waals surface area contributed by atoms with Crippen molar-refractivity contribution in [3.8, 4) is 17.2 Å². The minimum Gasteiger partial charge on any atom is -0.504 e. The molecular weight excluding hydrogens is 380 g/mol. The Kier molecular flexibility index (Phi) is 13.0. The Morgan fingerprint density at radius 2 is 1.20 bits per heavy atom. The fraction of sp³-hybridized carbons (Fsp3) is 0.720. The highest BCUT2D eigenvalue weighted by Gasteiger charge is 2.28. The van der Waals surface area contributed by atoms with E-state index in [9.17, 15) is 20.1 Å². The summed E-state index contributed by atoms with van der Waals surface area (Å²) in [4.78, 5) is 11.9. The van der Waals surface area contributed by atoms with Gasteiger partial charge in [-0.05, 0) is 32.1 Å². The Hall–Kier alpha value is -1.91. The van der Waals surface area contributed by atoms with Gasteiger partial charge >= 0.3 is 5.97 Å². The summed E-state index contributed by atoms with van der Waals surface area (Å²) in [5, 5.41) is 30.8. The minimum absolute atomic E-state index is 0.258. The summed E-state index contributed by atoms with van der Waals surface area (Å²) in [6.45, 7) is 6.84. The molecule has 0 atom stereocenters. The maximum Gasteiger partial charge on any atom is 0.343 e. The van der Waals surface area contributed by atoms with Crippen molar-refractivity contribution in [2.24, 2.45) is 0 Å². The van der Waals surface area contributed by atoms with Crippen molar-refractivity contribution in [3.63, 3.8) is 0 Å². The zero-order valence-electron chi connectivity index (χ0n) is 19.3. The molecule has 30 heavy (non-hydrogen) atoms. The summed E-state index contributed by atoms with van der Waals surface area (Å²) >= 11 is 0. The van der Waals surface area contributed by atoms with Crippen LogP contribution in [-0.4, -0.2) is 27.9 Å². The van der Waals surface area contributed by atoms with E-state index >= 15 is 0 Å². The van der Waals surface area contributed by atoms with E-state index in [1.165, 1.54) is 19.3 Å². The lowest BCUT2D eigenvalue weighted by Crippen LogP contribution is -2.11. The largest absolute Gasteiger partial charge is 0.504 e. The molecule has 0 radical (unpaired) electrons. The second-order valence-electron chi connectivity index (χ2n) is 8.19. The predicted octanol–water partition coefficient (Wildman–Crippen LogP) is 7.00. The highest BCUT2D eigenvalue weighted by Crippen LogP contribution is 2.44. The Labute approximate surface area is 182 Å². The molecule has 0 aliphatic heterocycles. The maximum atomic E-state index is 11.9. The average Bonchev–Trinajstić information content (AvgIpc) is 2.72. The molecule has 1 rings (SSSR count). The van der Waals surface area contributed by atoms with Crippen LogP contribution in [-0.2, 0) is 12.8 Å². The molecule has 0 amide bonds. The molecule has 0 bridgehead atoms. The number of ether oxygens (including phenoxy) is 1. The fourth-order valence-corrected chi connectivity index (χ4v) is 3.85. The number of hydrogen-bond donors (Lipinski definition) is 3. The van der Waals surface area contributed by atoms with Gasteiger partial charge in [-0.1, -0.05) is 78.6 Å². The number of carboxylic acid groups (broad SMARTS) is 1. The van der Waals surface area contributed by atoms with Crippen molar-refractivity contribution in [3.05, 3.63) is 16.7 Å². The fourth-order valence-electron chi connectivity index (χ4n) is 3.85. The van der Waals surface area contributed by atoms with Gasteiger partial charge in [0.15, 0.2) is 11.5 Å². The molecule has 0 aliphatic carbocycles.